The van der Waals surface area contributed by atoms with E-state index < -0.39 is 0 Å². The number of hydrogen-bond acceptors (Lipinski definition) is 4. The van der Waals surface area contributed by atoms with E-state index in [0.29, 0.717) is 5.82 Å². The van der Waals surface area contributed by atoms with Crippen LogP contribution in [0.3, 0.4) is 0 Å². The summed E-state index contributed by atoms with van der Waals surface area (Å²) in [5.41, 5.74) is 1.57. The molecule has 0 spiro atoms. The molecule has 0 fully saturated rings. The van der Waals surface area contributed by atoms with Gasteiger partial charge in [0, 0.05) is 6.07 Å². The van der Waals surface area contributed by atoms with E-state index in [1.54, 1.807) is 17.9 Å². The summed E-state index contributed by atoms with van der Waals surface area (Å²) in [5, 5.41) is 7.62. The van der Waals surface area contributed by atoms with Crippen LogP contribution in [0, 0.1) is 6.92 Å². The van der Waals surface area contributed by atoms with Crippen LogP contribution in [0.2, 0.25) is 10.3 Å². The number of aromatic nitrogens is 4. The number of nitrogens with zero attached hydrogens (tertiary/aromatic N) is 4. The summed E-state index contributed by atoms with van der Waals surface area (Å²) in [5.74, 6) is 1.02. The van der Waals surface area contributed by atoms with Crippen LogP contribution < -0.4 is 10.1 Å². The van der Waals surface area contributed by atoms with Crippen LogP contribution in [0.15, 0.2) is 36.7 Å². The van der Waals surface area contributed by atoms with Gasteiger partial charge in [-0.15, -0.1) is 0 Å². The first-order valence-electron chi connectivity index (χ1n) is 7.35. The number of ether oxygens (including phenoxy) is 1. The third-order valence-corrected chi connectivity index (χ3v) is 4.23. The number of carbonyl (C=O) groups is 1. The topological polar surface area (TPSA) is 74.0 Å². The molecule has 2 aromatic heterocycles. The Labute approximate surface area is 154 Å². The molecule has 0 unspecified atom stereocenters. The lowest BCUT2D eigenvalue weighted by Gasteiger charge is -2.10. The minimum Gasteiger partial charge on any atom is -0.497 e. The minimum absolute atomic E-state index is 0.00854. The molecule has 0 radical (unpaired) electrons. The molecule has 7 nitrogen and oxygen atoms in total. The molecule has 130 valence electrons. The highest BCUT2D eigenvalue weighted by molar-refractivity contribution is 6.40. The van der Waals surface area contributed by atoms with Crippen molar-refractivity contribution in [2.75, 3.05) is 12.4 Å². The van der Waals surface area contributed by atoms with E-state index in [0.717, 1.165) is 17.1 Å². The number of benzene rings is 1. The van der Waals surface area contributed by atoms with Crippen LogP contribution in [0.4, 0.5) is 5.82 Å². The first-order valence-corrected chi connectivity index (χ1v) is 8.10. The molecule has 9 heteroatoms. The number of amides is 1. The number of methoxy groups -OCH3 is 1. The number of imidazole rings is 1. The molecule has 0 aliphatic carbocycles. The van der Waals surface area contributed by atoms with E-state index >= 15 is 0 Å². The predicted molar refractivity (Wildman–Crippen MR) is 95.7 cm³/mol. The second-order valence-corrected chi connectivity index (χ2v) is 6.00. The quantitative estimate of drug-likeness (QED) is 0.737. The van der Waals surface area contributed by atoms with E-state index in [1.165, 1.54) is 10.9 Å². The first kappa shape index (κ1) is 17.3. The van der Waals surface area contributed by atoms with Gasteiger partial charge in [-0.3, -0.25) is 4.79 Å². The van der Waals surface area contributed by atoms with Crippen molar-refractivity contribution in [2.45, 2.75) is 13.5 Å². The first-order chi connectivity index (χ1) is 12.0. The molecule has 1 amide bonds. The molecule has 2 heterocycles. The maximum atomic E-state index is 12.3. The summed E-state index contributed by atoms with van der Waals surface area (Å²) >= 11 is 11.8. The normalized spacial score (nSPS) is 10.7. The second-order valence-electron chi connectivity index (χ2n) is 5.28. The Bertz CT molecular complexity index is 902. The lowest BCUT2D eigenvalue weighted by Crippen LogP contribution is -2.20. The molecule has 0 bridgehead atoms. The fourth-order valence-electron chi connectivity index (χ4n) is 2.30. The predicted octanol–water partition coefficient (Wildman–Crippen LogP) is 3.33. The number of halogens is 2. The Morgan fingerprint density at radius 1 is 1.28 bits per heavy atom. The van der Waals surface area contributed by atoms with Gasteiger partial charge in [0.05, 0.1) is 24.8 Å². The fraction of sp³-hybridized carbons (Fsp3) is 0.188. The number of carbonyl (C=O) groups excluding carboxylic acids is 1. The zero-order valence-electron chi connectivity index (χ0n) is 13.5. The molecule has 0 aliphatic rings. The standard InChI is InChI=1S/C16H15Cl2N5O2/c1-10-7-13(20-14(24)8-22-9-19-15(17)16(22)18)23(21-10)11-3-5-12(25-2)6-4-11/h3-7,9H,8H2,1-2H3,(H,20,24). The van der Waals surface area contributed by atoms with Gasteiger partial charge in [0.15, 0.2) is 5.15 Å². The monoisotopic (exact) mass is 379 g/mol. The van der Waals surface area contributed by atoms with Crippen molar-refractivity contribution in [1.82, 2.24) is 19.3 Å². The molecule has 0 atom stereocenters. The van der Waals surface area contributed by atoms with Gasteiger partial charge >= 0.3 is 0 Å². The smallest absolute Gasteiger partial charge is 0.245 e. The van der Waals surface area contributed by atoms with E-state index in [2.05, 4.69) is 15.4 Å². The maximum absolute atomic E-state index is 12.3. The lowest BCUT2D eigenvalue weighted by atomic mass is 10.3. The van der Waals surface area contributed by atoms with Crippen molar-refractivity contribution in [3.05, 3.63) is 52.7 Å². The van der Waals surface area contributed by atoms with Gasteiger partial charge in [-0.05, 0) is 31.2 Å². The molecule has 0 saturated heterocycles. The summed E-state index contributed by atoms with van der Waals surface area (Å²) in [7, 11) is 1.60. The molecule has 3 aromatic rings. The third kappa shape index (κ3) is 3.78. The highest BCUT2D eigenvalue weighted by Crippen LogP contribution is 2.21. The Balaban J connectivity index is 1.80. The van der Waals surface area contributed by atoms with Gasteiger partial charge in [-0.2, -0.15) is 5.10 Å². The molecule has 3 rings (SSSR count). The number of aryl methyl sites for hydroxylation is 1. The highest BCUT2D eigenvalue weighted by Gasteiger charge is 2.14. The summed E-state index contributed by atoms with van der Waals surface area (Å²) in [6.45, 7) is 1.84. The average Bonchev–Trinajstić information content (AvgIpc) is 3.11. The van der Waals surface area contributed by atoms with E-state index in [4.69, 9.17) is 27.9 Å². The van der Waals surface area contributed by atoms with Crippen molar-refractivity contribution in [3.8, 4) is 11.4 Å². The van der Waals surface area contributed by atoms with Crippen LogP contribution in [0.25, 0.3) is 5.69 Å². The molecule has 1 N–H and O–H groups in total. The fourth-order valence-corrected chi connectivity index (χ4v) is 2.60. The summed E-state index contributed by atoms with van der Waals surface area (Å²) in [4.78, 5) is 16.2. The number of rotatable bonds is 5. The van der Waals surface area contributed by atoms with Crippen molar-refractivity contribution in [1.29, 1.82) is 0 Å². The highest BCUT2D eigenvalue weighted by atomic mass is 35.5. The number of anilines is 1. The van der Waals surface area contributed by atoms with Gasteiger partial charge in [-0.25, -0.2) is 9.67 Å². The van der Waals surface area contributed by atoms with Gasteiger partial charge in [0.1, 0.15) is 23.3 Å². The van der Waals surface area contributed by atoms with Crippen molar-refractivity contribution >= 4 is 34.9 Å². The van der Waals surface area contributed by atoms with Crippen LogP contribution in [-0.2, 0) is 11.3 Å². The summed E-state index contributed by atoms with van der Waals surface area (Å²) in [6, 6.07) is 9.14. The molecule has 1 aromatic carbocycles. The Morgan fingerprint density at radius 2 is 2.00 bits per heavy atom. The molecule has 25 heavy (non-hydrogen) atoms. The average molecular weight is 380 g/mol. The molecule has 0 aliphatic heterocycles. The van der Waals surface area contributed by atoms with Crippen molar-refractivity contribution in [2.24, 2.45) is 0 Å². The third-order valence-electron chi connectivity index (χ3n) is 3.46. The maximum Gasteiger partial charge on any atom is 0.245 e. The summed E-state index contributed by atoms with van der Waals surface area (Å²) in [6.07, 6.45) is 1.41. The second kappa shape index (κ2) is 7.16. The van der Waals surface area contributed by atoms with E-state index in [-0.39, 0.29) is 22.8 Å². The van der Waals surface area contributed by atoms with Gasteiger partial charge < -0.3 is 14.6 Å². The van der Waals surface area contributed by atoms with E-state index in [1.807, 2.05) is 31.2 Å². The van der Waals surface area contributed by atoms with Crippen LogP contribution in [0.1, 0.15) is 5.69 Å². The van der Waals surface area contributed by atoms with Crippen molar-refractivity contribution < 1.29 is 9.53 Å². The molecule has 0 saturated carbocycles. The van der Waals surface area contributed by atoms with Crippen LogP contribution in [-0.4, -0.2) is 32.3 Å². The zero-order chi connectivity index (χ0) is 18.0. The Morgan fingerprint density at radius 3 is 2.60 bits per heavy atom. The summed E-state index contributed by atoms with van der Waals surface area (Å²) < 4.78 is 8.26. The Kier molecular flexibility index (Phi) is 4.96. The van der Waals surface area contributed by atoms with E-state index in [9.17, 15) is 4.79 Å². The molecular weight excluding hydrogens is 365 g/mol. The van der Waals surface area contributed by atoms with Gasteiger partial charge in [0.2, 0.25) is 5.91 Å². The largest absolute Gasteiger partial charge is 0.497 e. The van der Waals surface area contributed by atoms with Crippen LogP contribution in [0.5, 0.6) is 5.75 Å². The van der Waals surface area contributed by atoms with Gasteiger partial charge in [0.25, 0.3) is 0 Å². The number of hydrogen-bond donors (Lipinski definition) is 1. The van der Waals surface area contributed by atoms with Crippen molar-refractivity contribution in [3.63, 3.8) is 0 Å². The minimum atomic E-state index is -0.273. The SMILES string of the molecule is COc1ccc(-n2nc(C)cc2NC(=O)Cn2cnc(Cl)c2Cl)cc1. The Hall–Kier alpha value is -2.51. The zero-order valence-corrected chi connectivity index (χ0v) is 15.0. The lowest BCUT2D eigenvalue weighted by molar-refractivity contribution is -0.116. The van der Waals surface area contributed by atoms with Gasteiger partial charge in [-0.1, -0.05) is 23.2 Å². The van der Waals surface area contributed by atoms with Crippen LogP contribution >= 0.6 is 23.2 Å². The number of nitrogens with one attached hydrogen (secondary N) is 1. The molecular formula is C16H15Cl2N5O2.